The van der Waals surface area contributed by atoms with Crippen molar-refractivity contribution in [3.63, 3.8) is 0 Å². The normalized spacial score (nSPS) is 16.0. The highest BCUT2D eigenvalue weighted by Gasteiger charge is 2.43. The smallest absolute Gasteiger partial charge is 0.358 e. The molecule has 1 amide bonds. The van der Waals surface area contributed by atoms with Crippen molar-refractivity contribution in [3.05, 3.63) is 46.5 Å². The highest BCUT2D eigenvalue weighted by molar-refractivity contribution is 7.16. The van der Waals surface area contributed by atoms with Crippen LogP contribution in [0.15, 0.2) is 30.3 Å². The van der Waals surface area contributed by atoms with Crippen LogP contribution < -0.4 is 4.90 Å². The van der Waals surface area contributed by atoms with Gasteiger partial charge >= 0.3 is 5.97 Å². The van der Waals surface area contributed by atoms with Gasteiger partial charge in [-0.05, 0) is 69.3 Å². The van der Waals surface area contributed by atoms with Crippen LogP contribution in [0, 0.1) is 24.7 Å². The molecule has 0 atom stereocenters. The highest BCUT2D eigenvalue weighted by Crippen LogP contribution is 2.51. The fourth-order valence-corrected chi connectivity index (χ4v) is 5.12. The third-order valence-electron chi connectivity index (χ3n) is 6.12. The minimum absolute atomic E-state index is 0.138. The summed E-state index contributed by atoms with van der Waals surface area (Å²) in [6.45, 7) is 4.53. The Balaban J connectivity index is 1.54. The van der Waals surface area contributed by atoms with Gasteiger partial charge in [0, 0.05) is 17.8 Å². The number of aromatic nitrogens is 1. The number of amides is 1. The molecular weight excluding hydrogens is 396 g/mol. The van der Waals surface area contributed by atoms with Crippen LogP contribution in [0.5, 0.6) is 0 Å². The third-order valence-corrected chi connectivity index (χ3v) is 7.11. The van der Waals surface area contributed by atoms with Crippen molar-refractivity contribution in [1.29, 1.82) is 0 Å². The van der Waals surface area contributed by atoms with Crippen LogP contribution in [0.25, 0.3) is 0 Å². The summed E-state index contributed by atoms with van der Waals surface area (Å²) in [5, 5.41) is 0.613. The molecule has 0 saturated heterocycles. The van der Waals surface area contributed by atoms with Gasteiger partial charge in [0.1, 0.15) is 0 Å². The van der Waals surface area contributed by atoms with E-state index in [0.717, 1.165) is 23.1 Å². The minimum Gasteiger partial charge on any atom is -0.461 e. The second-order valence-corrected chi connectivity index (χ2v) is 9.63. The first-order chi connectivity index (χ1) is 14.6. The lowest BCUT2D eigenvalue weighted by Crippen LogP contribution is -2.35. The first-order valence-corrected chi connectivity index (χ1v) is 11.9. The monoisotopic (exact) mass is 426 g/mol. The number of hydrogen-bond acceptors (Lipinski definition) is 5. The predicted molar refractivity (Wildman–Crippen MR) is 119 cm³/mol. The van der Waals surface area contributed by atoms with Crippen LogP contribution in [0.4, 0.5) is 5.13 Å². The summed E-state index contributed by atoms with van der Waals surface area (Å²) in [5.74, 6) is 1.69. The molecule has 0 bridgehead atoms. The summed E-state index contributed by atoms with van der Waals surface area (Å²) < 4.78 is 5.14. The number of rotatable bonds is 10. The van der Waals surface area contributed by atoms with Gasteiger partial charge < -0.3 is 4.74 Å². The van der Waals surface area contributed by atoms with Crippen LogP contribution >= 0.6 is 11.3 Å². The molecule has 2 aromatic rings. The van der Waals surface area contributed by atoms with Crippen LogP contribution in [-0.2, 0) is 16.0 Å². The van der Waals surface area contributed by atoms with E-state index >= 15 is 0 Å². The summed E-state index contributed by atoms with van der Waals surface area (Å²) in [6.07, 6.45) is 6.42. The van der Waals surface area contributed by atoms with E-state index in [1.807, 2.05) is 30.0 Å². The Morgan fingerprint density at radius 2 is 1.83 bits per heavy atom. The van der Waals surface area contributed by atoms with Crippen molar-refractivity contribution in [3.8, 4) is 0 Å². The van der Waals surface area contributed by atoms with Gasteiger partial charge in [-0.2, -0.15) is 0 Å². The Morgan fingerprint density at radius 1 is 1.17 bits per heavy atom. The number of ether oxygens (including phenoxy) is 1. The number of anilines is 1. The molecule has 5 nitrogen and oxygen atoms in total. The van der Waals surface area contributed by atoms with E-state index < -0.39 is 5.97 Å². The van der Waals surface area contributed by atoms with Crippen LogP contribution in [-0.4, -0.2) is 30.0 Å². The molecular formula is C24H30N2O3S. The Morgan fingerprint density at radius 3 is 2.43 bits per heavy atom. The lowest BCUT2D eigenvalue weighted by atomic mass is 9.93. The largest absolute Gasteiger partial charge is 0.461 e. The number of benzene rings is 1. The zero-order valence-corrected chi connectivity index (χ0v) is 18.6. The zero-order valence-electron chi connectivity index (χ0n) is 17.8. The van der Waals surface area contributed by atoms with Gasteiger partial charge in [-0.3, -0.25) is 9.69 Å². The second-order valence-electron chi connectivity index (χ2n) is 8.45. The van der Waals surface area contributed by atoms with E-state index in [0.29, 0.717) is 36.3 Å². The molecule has 0 spiro atoms. The Bertz CT molecular complexity index is 875. The molecule has 2 aliphatic carbocycles. The van der Waals surface area contributed by atoms with E-state index in [2.05, 4.69) is 17.1 Å². The number of thiazole rings is 1. The third kappa shape index (κ3) is 5.09. The van der Waals surface area contributed by atoms with Gasteiger partial charge in [0.05, 0.1) is 6.61 Å². The molecule has 160 valence electrons. The lowest BCUT2D eigenvalue weighted by molar-refractivity contribution is -0.119. The van der Waals surface area contributed by atoms with Gasteiger partial charge in [-0.15, -0.1) is 11.3 Å². The predicted octanol–water partition coefficient (Wildman–Crippen LogP) is 5.03. The first-order valence-electron chi connectivity index (χ1n) is 11.1. The SMILES string of the molecule is CCOC(=O)c1nc(N(CCc2ccccc2)C(=O)CC(C2CC2)C2CC2)sc1C. The van der Waals surface area contributed by atoms with Crippen molar-refractivity contribution < 1.29 is 14.3 Å². The minimum atomic E-state index is -0.415. The lowest BCUT2D eigenvalue weighted by Gasteiger charge is -2.23. The van der Waals surface area contributed by atoms with E-state index in [1.54, 1.807) is 6.92 Å². The van der Waals surface area contributed by atoms with Crippen molar-refractivity contribution in [2.75, 3.05) is 18.1 Å². The van der Waals surface area contributed by atoms with Gasteiger partial charge in [0.25, 0.3) is 0 Å². The number of hydrogen-bond donors (Lipinski definition) is 0. The maximum atomic E-state index is 13.4. The average Bonchev–Trinajstić information content (AvgIpc) is 3.66. The standard InChI is InChI=1S/C24H30N2O3S/c1-3-29-23(28)22-16(2)30-24(25-22)26(14-13-17-7-5-4-6-8-17)21(27)15-20(18-9-10-18)19-11-12-19/h4-8,18-20H,3,9-15H2,1-2H3. The molecule has 0 unspecified atom stereocenters. The van der Waals surface area contributed by atoms with Gasteiger partial charge in [-0.1, -0.05) is 30.3 Å². The second kappa shape index (κ2) is 9.29. The van der Waals surface area contributed by atoms with Crippen molar-refractivity contribution in [2.45, 2.75) is 52.4 Å². The van der Waals surface area contributed by atoms with Crippen molar-refractivity contribution in [1.82, 2.24) is 4.98 Å². The molecule has 2 saturated carbocycles. The topological polar surface area (TPSA) is 59.5 Å². The summed E-state index contributed by atoms with van der Waals surface area (Å²) in [4.78, 5) is 32.8. The van der Waals surface area contributed by atoms with E-state index in [9.17, 15) is 9.59 Å². The maximum absolute atomic E-state index is 13.4. The molecule has 1 aromatic carbocycles. The molecule has 6 heteroatoms. The maximum Gasteiger partial charge on any atom is 0.358 e. The summed E-state index contributed by atoms with van der Waals surface area (Å²) >= 11 is 1.41. The van der Waals surface area contributed by atoms with Crippen LogP contribution in [0.2, 0.25) is 0 Å². The number of nitrogens with zero attached hydrogens (tertiary/aromatic N) is 2. The summed E-state index contributed by atoms with van der Waals surface area (Å²) in [6, 6.07) is 10.2. The van der Waals surface area contributed by atoms with Gasteiger partial charge in [0.15, 0.2) is 10.8 Å². The number of esters is 1. The Labute approximate surface area is 182 Å². The van der Waals surface area contributed by atoms with E-state index in [-0.39, 0.29) is 5.91 Å². The average molecular weight is 427 g/mol. The molecule has 2 aliphatic rings. The zero-order chi connectivity index (χ0) is 21.1. The summed E-state index contributed by atoms with van der Waals surface area (Å²) in [5.41, 5.74) is 1.52. The molecule has 4 rings (SSSR count). The molecule has 0 radical (unpaired) electrons. The molecule has 1 heterocycles. The van der Waals surface area contributed by atoms with E-state index in [1.165, 1.54) is 42.6 Å². The fourth-order valence-electron chi connectivity index (χ4n) is 4.18. The van der Waals surface area contributed by atoms with Gasteiger partial charge in [-0.25, -0.2) is 9.78 Å². The number of aryl methyl sites for hydroxylation is 1. The summed E-state index contributed by atoms with van der Waals surface area (Å²) in [7, 11) is 0. The van der Waals surface area contributed by atoms with Crippen molar-refractivity contribution in [2.24, 2.45) is 17.8 Å². The Hall–Kier alpha value is -2.21. The van der Waals surface area contributed by atoms with E-state index in [4.69, 9.17) is 4.74 Å². The molecule has 1 aromatic heterocycles. The number of carbonyl (C=O) groups excluding carboxylic acids is 2. The molecule has 0 aliphatic heterocycles. The molecule has 0 N–H and O–H groups in total. The first kappa shape index (κ1) is 21.0. The molecule has 30 heavy (non-hydrogen) atoms. The number of carbonyl (C=O) groups is 2. The Kier molecular flexibility index (Phi) is 6.52. The highest BCUT2D eigenvalue weighted by atomic mass is 32.1. The fraction of sp³-hybridized carbons (Fsp3) is 0.542. The van der Waals surface area contributed by atoms with Crippen LogP contribution in [0.1, 0.15) is 60.0 Å². The molecule has 2 fully saturated rings. The quantitative estimate of drug-likeness (QED) is 0.500. The van der Waals surface area contributed by atoms with Crippen LogP contribution in [0.3, 0.4) is 0 Å². The van der Waals surface area contributed by atoms with Gasteiger partial charge in [0.2, 0.25) is 5.91 Å². The van der Waals surface area contributed by atoms with Crippen molar-refractivity contribution >= 4 is 28.3 Å².